The van der Waals surface area contributed by atoms with Crippen molar-refractivity contribution in [2.75, 3.05) is 19.7 Å². The third kappa shape index (κ3) is 5.13. The molecule has 0 heterocycles. The Morgan fingerprint density at radius 3 is 1.95 bits per heavy atom. The quantitative estimate of drug-likeness (QED) is 0.766. The molecule has 0 unspecified atom stereocenters. The number of benzene rings is 1. The molecule has 114 valence electrons. The van der Waals surface area contributed by atoms with Crippen molar-refractivity contribution in [1.82, 2.24) is 4.90 Å². The van der Waals surface area contributed by atoms with Gasteiger partial charge < -0.3 is 19.8 Å². The second-order valence-electron chi connectivity index (χ2n) is 4.55. The molecule has 1 aromatic rings. The smallest absolute Gasteiger partial charge is 0.323 e. The second kappa shape index (κ2) is 7.28. The van der Waals surface area contributed by atoms with Crippen molar-refractivity contribution in [1.29, 1.82) is 0 Å². The van der Waals surface area contributed by atoms with Crippen LogP contribution in [0.4, 0.5) is 0 Å². The van der Waals surface area contributed by atoms with Crippen molar-refractivity contribution in [3.05, 3.63) is 29.3 Å². The van der Waals surface area contributed by atoms with Crippen LogP contribution in [-0.4, -0.2) is 52.7 Å². The number of amides is 1. The maximum Gasteiger partial charge on any atom is 0.323 e. The Balaban J connectivity index is 2.73. The highest BCUT2D eigenvalue weighted by Crippen LogP contribution is 2.22. The van der Waals surface area contributed by atoms with Crippen LogP contribution in [0, 0.1) is 13.8 Å². The summed E-state index contributed by atoms with van der Waals surface area (Å²) in [5.41, 5.74) is 1.68. The van der Waals surface area contributed by atoms with Gasteiger partial charge in [-0.15, -0.1) is 0 Å². The van der Waals surface area contributed by atoms with Gasteiger partial charge in [-0.1, -0.05) is 18.2 Å². The topological polar surface area (TPSA) is 104 Å². The highest BCUT2D eigenvalue weighted by Gasteiger charge is 2.20. The Morgan fingerprint density at radius 2 is 1.52 bits per heavy atom. The van der Waals surface area contributed by atoms with Gasteiger partial charge in [-0.05, 0) is 25.0 Å². The Labute approximate surface area is 121 Å². The van der Waals surface area contributed by atoms with E-state index in [9.17, 15) is 14.4 Å². The van der Waals surface area contributed by atoms with Gasteiger partial charge in [0.1, 0.15) is 18.8 Å². The van der Waals surface area contributed by atoms with Gasteiger partial charge in [-0.3, -0.25) is 14.4 Å². The minimum atomic E-state index is -1.28. The number of carboxylic acid groups (broad SMARTS) is 2. The summed E-state index contributed by atoms with van der Waals surface area (Å²) >= 11 is 0. The van der Waals surface area contributed by atoms with E-state index in [2.05, 4.69) is 0 Å². The van der Waals surface area contributed by atoms with Gasteiger partial charge >= 0.3 is 11.9 Å². The Bertz CT molecular complexity index is 518. The van der Waals surface area contributed by atoms with Crippen LogP contribution in [0.2, 0.25) is 0 Å². The van der Waals surface area contributed by atoms with Gasteiger partial charge in [0.2, 0.25) is 0 Å². The summed E-state index contributed by atoms with van der Waals surface area (Å²) < 4.78 is 5.40. The molecule has 0 aliphatic rings. The molecule has 0 atom stereocenters. The minimum Gasteiger partial charge on any atom is -0.483 e. The molecule has 7 heteroatoms. The zero-order valence-electron chi connectivity index (χ0n) is 11.8. The van der Waals surface area contributed by atoms with E-state index in [0.717, 1.165) is 16.0 Å². The maximum atomic E-state index is 11.9. The molecular formula is C14H17NO6. The first kappa shape index (κ1) is 16.5. The molecule has 1 aromatic carbocycles. The molecule has 0 aromatic heterocycles. The van der Waals surface area contributed by atoms with Crippen molar-refractivity contribution < 1.29 is 29.3 Å². The van der Waals surface area contributed by atoms with Crippen LogP contribution in [0.25, 0.3) is 0 Å². The minimum absolute atomic E-state index is 0.410. The lowest BCUT2D eigenvalue weighted by molar-refractivity contribution is -0.150. The molecule has 0 spiro atoms. The SMILES string of the molecule is Cc1cccc(C)c1OCC(=O)N(CC(=O)O)CC(=O)O. The van der Waals surface area contributed by atoms with Gasteiger partial charge in [-0.25, -0.2) is 0 Å². The lowest BCUT2D eigenvalue weighted by Gasteiger charge is -2.19. The molecule has 2 N–H and O–H groups in total. The van der Waals surface area contributed by atoms with Gasteiger partial charge in [0.05, 0.1) is 0 Å². The zero-order chi connectivity index (χ0) is 16.0. The number of rotatable bonds is 7. The summed E-state index contributed by atoms with van der Waals surface area (Å²) in [5, 5.41) is 17.4. The van der Waals surface area contributed by atoms with Gasteiger partial charge in [0.25, 0.3) is 5.91 Å². The first-order valence-corrected chi connectivity index (χ1v) is 6.21. The molecule has 1 amide bonds. The Morgan fingerprint density at radius 1 is 1.05 bits per heavy atom. The van der Waals surface area contributed by atoms with Crippen LogP contribution >= 0.6 is 0 Å². The van der Waals surface area contributed by atoms with Gasteiger partial charge in [0, 0.05) is 0 Å². The number of carbonyl (C=O) groups is 3. The molecule has 0 saturated heterocycles. The third-order valence-electron chi connectivity index (χ3n) is 2.75. The van der Waals surface area contributed by atoms with Crippen LogP contribution < -0.4 is 4.74 Å². The highest BCUT2D eigenvalue weighted by molar-refractivity contribution is 5.86. The van der Waals surface area contributed by atoms with E-state index < -0.39 is 37.5 Å². The van der Waals surface area contributed by atoms with E-state index in [0.29, 0.717) is 5.75 Å². The Kier molecular flexibility index (Phi) is 5.71. The fourth-order valence-electron chi connectivity index (χ4n) is 1.81. The number of aliphatic carboxylic acids is 2. The molecule has 0 fully saturated rings. The van der Waals surface area contributed by atoms with E-state index in [1.165, 1.54) is 0 Å². The average molecular weight is 295 g/mol. The summed E-state index contributed by atoms with van der Waals surface area (Å²) in [6.07, 6.45) is 0. The summed E-state index contributed by atoms with van der Waals surface area (Å²) in [4.78, 5) is 33.9. The maximum absolute atomic E-state index is 11.9. The number of nitrogens with zero attached hydrogens (tertiary/aromatic N) is 1. The molecule has 0 saturated carbocycles. The van der Waals surface area contributed by atoms with E-state index >= 15 is 0 Å². The number of carbonyl (C=O) groups excluding carboxylic acids is 1. The van der Waals surface area contributed by atoms with Crippen molar-refractivity contribution >= 4 is 17.8 Å². The number of carboxylic acids is 2. The van der Waals surface area contributed by atoms with E-state index in [1.54, 1.807) is 0 Å². The first-order valence-electron chi connectivity index (χ1n) is 6.21. The molecule has 0 aliphatic carbocycles. The molecule has 0 aliphatic heterocycles. The van der Waals surface area contributed by atoms with Crippen LogP contribution in [0.5, 0.6) is 5.75 Å². The van der Waals surface area contributed by atoms with Crippen LogP contribution in [-0.2, 0) is 14.4 Å². The molecule has 0 radical (unpaired) electrons. The Hall–Kier alpha value is -2.57. The fourth-order valence-corrected chi connectivity index (χ4v) is 1.81. The molecule has 0 bridgehead atoms. The predicted octanol–water partition coefficient (Wildman–Crippen LogP) is 0.680. The summed E-state index contributed by atoms with van der Waals surface area (Å²) in [5.74, 6) is -2.72. The van der Waals surface area contributed by atoms with Crippen molar-refractivity contribution in [3.8, 4) is 5.75 Å². The highest BCUT2D eigenvalue weighted by atomic mass is 16.5. The van der Waals surface area contributed by atoms with Crippen LogP contribution in [0.3, 0.4) is 0 Å². The predicted molar refractivity (Wildman–Crippen MR) is 73.3 cm³/mol. The standard InChI is InChI=1S/C14H17NO6/c1-9-4-3-5-10(2)14(9)21-8-11(16)15(6-12(17)18)7-13(19)20/h3-5H,6-8H2,1-2H3,(H,17,18)(H,19,20). The largest absolute Gasteiger partial charge is 0.483 e. The van der Waals surface area contributed by atoms with Gasteiger partial charge in [-0.2, -0.15) is 0 Å². The molecule has 21 heavy (non-hydrogen) atoms. The fraction of sp³-hybridized carbons (Fsp3) is 0.357. The monoisotopic (exact) mass is 295 g/mol. The zero-order valence-corrected chi connectivity index (χ0v) is 11.8. The lowest BCUT2D eigenvalue weighted by atomic mass is 10.1. The van der Waals surface area contributed by atoms with Gasteiger partial charge in [0.15, 0.2) is 6.61 Å². The number of ether oxygens (including phenoxy) is 1. The number of para-hydroxylation sites is 1. The molecular weight excluding hydrogens is 278 g/mol. The average Bonchev–Trinajstić information content (AvgIpc) is 2.36. The second-order valence-corrected chi connectivity index (χ2v) is 4.55. The van der Waals surface area contributed by atoms with Crippen molar-refractivity contribution in [3.63, 3.8) is 0 Å². The first-order chi connectivity index (χ1) is 9.81. The number of aryl methyl sites for hydroxylation is 2. The van der Waals surface area contributed by atoms with Crippen LogP contribution in [0.15, 0.2) is 18.2 Å². The number of hydrogen-bond acceptors (Lipinski definition) is 4. The van der Waals surface area contributed by atoms with Crippen molar-refractivity contribution in [2.24, 2.45) is 0 Å². The van der Waals surface area contributed by atoms with E-state index in [4.69, 9.17) is 14.9 Å². The summed E-state index contributed by atoms with van der Waals surface area (Å²) in [6, 6.07) is 5.48. The normalized spacial score (nSPS) is 10.0. The molecule has 7 nitrogen and oxygen atoms in total. The summed E-state index contributed by atoms with van der Waals surface area (Å²) in [7, 11) is 0. The third-order valence-corrected chi connectivity index (χ3v) is 2.75. The van der Waals surface area contributed by atoms with E-state index in [-0.39, 0.29) is 0 Å². The van der Waals surface area contributed by atoms with Crippen LogP contribution in [0.1, 0.15) is 11.1 Å². The number of hydrogen-bond donors (Lipinski definition) is 2. The molecule has 1 rings (SSSR count). The van der Waals surface area contributed by atoms with Crippen molar-refractivity contribution in [2.45, 2.75) is 13.8 Å². The van der Waals surface area contributed by atoms with E-state index in [1.807, 2.05) is 32.0 Å². The summed E-state index contributed by atoms with van der Waals surface area (Å²) in [6.45, 7) is 1.87. The lowest BCUT2D eigenvalue weighted by Crippen LogP contribution is -2.41.